The first-order valence-electron chi connectivity index (χ1n) is 11.4. The number of nitrogens with one attached hydrogen (secondary N) is 1. The average molecular weight is 393 g/mol. The minimum atomic E-state index is 0.383. The van der Waals surface area contributed by atoms with E-state index in [1.165, 1.54) is 52.7 Å². The molecule has 2 aliphatic heterocycles. The third kappa shape index (κ3) is 3.08. The zero-order valence-corrected chi connectivity index (χ0v) is 17.7. The van der Waals surface area contributed by atoms with Crippen LogP contribution in [0.5, 0.6) is 5.75 Å². The molecule has 0 saturated carbocycles. The number of Topliss-reactive ketones (excluding diaryl/α,β-unsaturated/α-hetero) is 1. The van der Waals surface area contributed by atoms with E-state index in [1.54, 1.807) is 7.11 Å². The van der Waals surface area contributed by atoms with Crippen molar-refractivity contribution in [2.24, 2.45) is 5.92 Å². The summed E-state index contributed by atoms with van der Waals surface area (Å²) in [5, 5.41) is 1.31. The van der Waals surface area contributed by atoms with Crippen LogP contribution in [0.1, 0.15) is 75.6 Å². The number of aromatic nitrogens is 1. The molecule has 4 heteroatoms. The highest BCUT2D eigenvalue weighted by Gasteiger charge is 2.42. The van der Waals surface area contributed by atoms with Gasteiger partial charge >= 0.3 is 0 Å². The monoisotopic (exact) mass is 392 g/mol. The van der Waals surface area contributed by atoms with Gasteiger partial charge in [0, 0.05) is 40.8 Å². The molecule has 3 aliphatic rings. The maximum absolute atomic E-state index is 12.9. The van der Waals surface area contributed by atoms with E-state index >= 15 is 0 Å². The average Bonchev–Trinajstić information content (AvgIpc) is 3.12. The molecule has 2 atom stereocenters. The molecule has 154 valence electrons. The highest BCUT2D eigenvalue weighted by atomic mass is 16.5. The fraction of sp³-hybridized carbons (Fsp3) is 0.560. The molecule has 1 aromatic carbocycles. The number of hydrogen-bond donors (Lipinski definition) is 1. The second-order valence-corrected chi connectivity index (χ2v) is 8.95. The van der Waals surface area contributed by atoms with Gasteiger partial charge in [-0.25, -0.2) is 0 Å². The number of carbonyl (C=O) groups is 1. The fourth-order valence-electron chi connectivity index (χ4n) is 5.94. The highest BCUT2D eigenvalue weighted by molar-refractivity contribution is 5.97. The highest BCUT2D eigenvalue weighted by Crippen LogP contribution is 2.49. The first kappa shape index (κ1) is 18.8. The second kappa shape index (κ2) is 7.55. The van der Waals surface area contributed by atoms with Gasteiger partial charge < -0.3 is 14.6 Å². The molecular formula is C25H32N2O2. The van der Waals surface area contributed by atoms with Crippen LogP contribution in [0.4, 0.5) is 0 Å². The largest absolute Gasteiger partial charge is 0.497 e. The summed E-state index contributed by atoms with van der Waals surface area (Å²) in [6.07, 6.45) is 9.83. The Hall–Kier alpha value is -2.23. The Balaban J connectivity index is 1.56. The molecule has 29 heavy (non-hydrogen) atoms. The number of hydrogen-bond acceptors (Lipinski definition) is 3. The molecule has 0 radical (unpaired) electrons. The number of allylic oxidation sites excluding steroid dienone is 2. The number of aromatic amines is 1. The van der Waals surface area contributed by atoms with Crippen molar-refractivity contribution in [1.82, 2.24) is 9.88 Å². The summed E-state index contributed by atoms with van der Waals surface area (Å²) < 4.78 is 5.47. The van der Waals surface area contributed by atoms with Gasteiger partial charge in [0.15, 0.2) is 5.78 Å². The predicted octanol–water partition coefficient (Wildman–Crippen LogP) is 5.68. The lowest BCUT2D eigenvalue weighted by atomic mass is 9.74. The minimum absolute atomic E-state index is 0.383. The standard InChI is InChI=1S/C25H32N2O2/c1-3-4-5-7-16-14-22-25-18(19-15-17(29-2)10-11-20(19)26-25)12-13-27(22)21-8-6-9-23(28)24(16)21/h10-11,15-16,22,26H,3-9,12-14H2,1-2H3/t16-,22+/m1/s1. The fourth-order valence-corrected chi connectivity index (χ4v) is 5.94. The van der Waals surface area contributed by atoms with Crippen LogP contribution in [0, 0.1) is 5.92 Å². The van der Waals surface area contributed by atoms with Gasteiger partial charge in [0.1, 0.15) is 5.75 Å². The van der Waals surface area contributed by atoms with Crippen molar-refractivity contribution in [1.29, 1.82) is 0 Å². The van der Waals surface area contributed by atoms with Gasteiger partial charge in [0.25, 0.3) is 0 Å². The molecule has 0 spiro atoms. The van der Waals surface area contributed by atoms with E-state index in [9.17, 15) is 4.79 Å². The zero-order chi connectivity index (χ0) is 20.0. The number of methoxy groups -OCH3 is 1. The normalized spacial score (nSPS) is 23.8. The summed E-state index contributed by atoms with van der Waals surface area (Å²) >= 11 is 0. The first-order valence-corrected chi connectivity index (χ1v) is 11.4. The number of ketones is 1. The van der Waals surface area contributed by atoms with Crippen LogP contribution >= 0.6 is 0 Å². The van der Waals surface area contributed by atoms with E-state index < -0.39 is 0 Å². The van der Waals surface area contributed by atoms with E-state index in [0.29, 0.717) is 17.7 Å². The number of fused-ring (bicyclic) bond motifs is 6. The number of H-pyrrole nitrogens is 1. The third-order valence-electron chi connectivity index (χ3n) is 7.31. The maximum Gasteiger partial charge on any atom is 0.160 e. The van der Waals surface area contributed by atoms with Crippen molar-refractivity contribution in [3.8, 4) is 5.75 Å². The molecule has 1 N–H and O–H groups in total. The van der Waals surface area contributed by atoms with Crippen LogP contribution in [-0.4, -0.2) is 29.3 Å². The number of ether oxygens (including phenoxy) is 1. The van der Waals surface area contributed by atoms with Gasteiger partial charge in [-0.15, -0.1) is 0 Å². The third-order valence-corrected chi connectivity index (χ3v) is 7.31. The Morgan fingerprint density at radius 3 is 2.93 bits per heavy atom. The predicted molar refractivity (Wildman–Crippen MR) is 116 cm³/mol. The van der Waals surface area contributed by atoms with E-state index in [2.05, 4.69) is 28.9 Å². The Kier molecular flexibility index (Phi) is 4.89. The molecule has 2 aromatic rings. The molecule has 0 bridgehead atoms. The second-order valence-electron chi connectivity index (χ2n) is 8.95. The lowest BCUT2D eigenvalue weighted by Gasteiger charge is -2.47. The number of rotatable bonds is 5. The minimum Gasteiger partial charge on any atom is -0.497 e. The molecule has 1 aromatic heterocycles. The van der Waals surface area contributed by atoms with Crippen LogP contribution in [0.2, 0.25) is 0 Å². The summed E-state index contributed by atoms with van der Waals surface area (Å²) in [7, 11) is 1.73. The van der Waals surface area contributed by atoms with Crippen molar-refractivity contribution in [3.05, 3.63) is 40.7 Å². The van der Waals surface area contributed by atoms with Crippen molar-refractivity contribution < 1.29 is 9.53 Å². The van der Waals surface area contributed by atoms with Crippen LogP contribution in [0.25, 0.3) is 10.9 Å². The van der Waals surface area contributed by atoms with Crippen LogP contribution in [-0.2, 0) is 11.2 Å². The van der Waals surface area contributed by atoms with Crippen molar-refractivity contribution in [3.63, 3.8) is 0 Å². The Morgan fingerprint density at radius 2 is 2.10 bits per heavy atom. The molecule has 4 nitrogen and oxygen atoms in total. The summed E-state index contributed by atoms with van der Waals surface area (Å²) in [5.74, 6) is 1.78. The Labute approximate surface area is 173 Å². The zero-order valence-electron chi connectivity index (χ0n) is 17.7. The molecule has 0 fully saturated rings. The van der Waals surface area contributed by atoms with Crippen LogP contribution in [0.15, 0.2) is 29.5 Å². The van der Waals surface area contributed by atoms with Gasteiger partial charge in [-0.05, 0) is 61.8 Å². The number of nitrogens with zero attached hydrogens (tertiary/aromatic N) is 1. The summed E-state index contributed by atoms with van der Waals surface area (Å²) in [5.41, 5.74) is 6.62. The topological polar surface area (TPSA) is 45.3 Å². The molecule has 0 amide bonds. The van der Waals surface area contributed by atoms with E-state index in [0.717, 1.165) is 50.8 Å². The van der Waals surface area contributed by atoms with Gasteiger partial charge in [-0.2, -0.15) is 0 Å². The maximum atomic E-state index is 12.9. The molecule has 0 unspecified atom stereocenters. The summed E-state index contributed by atoms with van der Waals surface area (Å²) in [6.45, 7) is 3.28. The molecule has 5 rings (SSSR count). The number of unbranched alkanes of at least 4 members (excludes halogenated alkanes) is 2. The van der Waals surface area contributed by atoms with Crippen molar-refractivity contribution in [2.45, 2.75) is 70.8 Å². The van der Waals surface area contributed by atoms with E-state index in [4.69, 9.17) is 4.74 Å². The van der Waals surface area contributed by atoms with Crippen LogP contribution < -0.4 is 4.74 Å². The molecule has 1 aliphatic carbocycles. The van der Waals surface area contributed by atoms with Gasteiger partial charge in [0.2, 0.25) is 0 Å². The molecular weight excluding hydrogens is 360 g/mol. The van der Waals surface area contributed by atoms with Gasteiger partial charge in [-0.3, -0.25) is 4.79 Å². The van der Waals surface area contributed by atoms with Crippen molar-refractivity contribution >= 4 is 16.7 Å². The number of carbonyl (C=O) groups excluding carboxylic acids is 1. The molecule has 0 saturated heterocycles. The van der Waals surface area contributed by atoms with Gasteiger partial charge in [0.05, 0.1) is 13.2 Å². The van der Waals surface area contributed by atoms with Crippen molar-refractivity contribution in [2.75, 3.05) is 13.7 Å². The first-order chi connectivity index (χ1) is 14.2. The van der Waals surface area contributed by atoms with E-state index in [1.807, 2.05) is 6.07 Å². The lowest BCUT2D eigenvalue weighted by Crippen LogP contribution is -2.43. The molecule has 3 heterocycles. The quantitative estimate of drug-likeness (QED) is 0.666. The lowest BCUT2D eigenvalue weighted by molar-refractivity contribution is -0.117. The Bertz CT molecular complexity index is 971. The summed E-state index contributed by atoms with van der Waals surface area (Å²) in [4.78, 5) is 19.2. The number of benzene rings is 1. The Morgan fingerprint density at radius 1 is 1.21 bits per heavy atom. The SMILES string of the molecule is CCCCC[C@@H]1C[C@H]2c3[nH]c4ccc(OC)cc4c3CCN2C2=C1C(=O)CCC2. The van der Waals surface area contributed by atoms with Crippen LogP contribution in [0.3, 0.4) is 0 Å². The summed E-state index contributed by atoms with van der Waals surface area (Å²) in [6, 6.07) is 6.74. The smallest absolute Gasteiger partial charge is 0.160 e. The van der Waals surface area contributed by atoms with E-state index in [-0.39, 0.29) is 0 Å². The van der Waals surface area contributed by atoms with Gasteiger partial charge in [-0.1, -0.05) is 26.2 Å².